The van der Waals surface area contributed by atoms with Gasteiger partial charge >= 0.3 is 6.03 Å². The van der Waals surface area contributed by atoms with Gasteiger partial charge in [-0.1, -0.05) is 32.9 Å². The molecule has 0 N–H and O–H groups in total. The smallest absolute Gasteiger partial charge is 0.320 e. The van der Waals surface area contributed by atoms with Gasteiger partial charge in [-0.15, -0.1) is 0 Å². The summed E-state index contributed by atoms with van der Waals surface area (Å²) in [4.78, 5) is 31.5. The largest absolute Gasteiger partial charge is 0.378 e. The topological polar surface area (TPSA) is 53.1 Å². The number of hydrogen-bond acceptors (Lipinski definition) is 3. The maximum absolute atomic E-state index is 13.2. The maximum Gasteiger partial charge on any atom is 0.320 e. The highest BCUT2D eigenvalue weighted by Gasteiger charge is 2.51. The van der Waals surface area contributed by atoms with Gasteiger partial charge in [-0.2, -0.15) is 0 Å². The minimum absolute atomic E-state index is 0.0265. The van der Waals surface area contributed by atoms with Crippen molar-refractivity contribution in [2.45, 2.75) is 52.6 Å². The number of benzene rings is 1. The molecule has 3 fully saturated rings. The van der Waals surface area contributed by atoms with Crippen molar-refractivity contribution >= 4 is 11.9 Å². The van der Waals surface area contributed by atoms with Crippen LogP contribution in [0.4, 0.5) is 4.79 Å². The molecule has 6 nitrogen and oxygen atoms in total. The van der Waals surface area contributed by atoms with E-state index in [0.717, 1.165) is 30.5 Å². The Morgan fingerprint density at radius 3 is 2.43 bits per heavy atom. The van der Waals surface area contributed by atoms with Crippen LogP contribution in [0.3, 0.4) is 0 Å². The van der Waals surface area contributed by atoms with Crippen molar-refractivity contribution in [3.63, 3.8) is 0 Å². The van der Waals surface area contributed by atoms with E-state index in [0.29, 0.717) is 44.3 Å². The number of hydrogen-bond donors (Lipinski definition) is 0. The number of carbonyl (C=O) groups excluding carboxylic acids is 2. The molecule has 1 aromatic rings. The van der Waals surface area contributed by atoms with Crippen molar-refractivity contribution in [2.75, 3.05) is 39.9 Å². The van der Waals surface area contributed by atoms with Crippen LogP contribution >= 0.6 is 0 Å². The molecule has 2 aliphatic heterocycles. The Kier molecular flexibility index (Phi) is 5.56. The number of nitrogens with zero attached hydrogens (tertiary/aromatic N) is 3. The van der Waals surface area contributed by atoms with E-state index in [1.807, 2.05) is 36.2 Å². The Bertz CT molecular complexity index is 800. The minimum Gasteiger partial charge on any atom is -0.378 e. The molecule has 2 heterocycles. The lowest BCUT2D eigenvalue weighted by atomic mass is 9.65. The van der Waals surface area contributed by atoms with E-state index in [2.05, 4.69) is 25.7 Å². The van der Waals surface area contributed by atoms with Crippen molar-refractivity contribution in [2.24, 2.45) is 10.8 Å². The van der Waals surface area contributed by atoms with E-state index >= 15 is 0 Å². The third-order valence-corrected chi connectivity index (χ3v) is 6.90. The summed E-state index contributed by atoms with van der Waals surface area (Å²) in [5.74, 6) is 0.144. The number of carbonyl (C=O) groups is 2. The standard InChI is InChI=1S/C24H35N3O3/c1-23(2)13-20-14-24(3,16-23)17-27(20)21(28)19-7-5-18(6-8-19)15-25(4)22(29)26-9-11-30-12-10-26/h5-8,20H,9-17H2,1-4H3. The summed E-state index contributed by atoms with van der Waals surface area (Å²) >= 11 is 0. The van der Waals surface area contributed by atoms with Gasteiger partial charge in [0.05, 0.1) is 13.2 Å². The third kappa shape index (κ3) is 4.34. The van der Waals surface area contributed by atoms with Crippen LogP contribution in [0, 0.1) is 10.8 Å². The summed E-state index contributed by atoms with van der Waals surface area (Å²) in [6.45, 7) is 10.9. The number of rotatable bonds is 3. The fourth-order valence-corrected chi connectivity index (χ4v) is 5.95. The number of likely N-dealkylation sites (tertiary alicyclic amines) is 1. The molecule has 2 atom stereocenters. The lowest BCUT2D eigenvalue weighted by Crippen LogP contribution is -2.46. The van der Waals surface area contributed by atoms with E-state index in [-0.39, 0.29) is 17.4 Å². The fraction of sp³-hybridized carbons (Fsp3) is 0.667. The summed E-state index contributed by atoms with van der Waals surface area (Å²) < 4.78 is 5.32. The highest BCUT2D eigenvalue weighted by molar-refractivity contribution is 5.94. The molecule has 0 spiro atoms. The van der Waals surface area contributed by atoms with E-state index < -0.39 is 0 Å². The van der Waals surface area contributed by atoms with Crippen LogP contribution in [0.2, 0.25) is 0 Å². The molecule has 2 bridgehead atoms. The zero-order valence-corrected chi connectivity index (χ0v) is 18.8. The van der Waals surface area contributed by atoms with Crippen LogP contribution in [0.5, 0.6) is 0 Å². The number of urea groups is 1. The first kappa shape index (κ1) is 21.2. The molecule has 1 aromatic carbocycles. The van der Waals surface area contributed by atoms with Gasteiger partial charge in [0.1, 0.15) is 0 Å². The second-order valence-electron chi connectivity index (χ2n) is 10.6. The average Bonchev–Trinajstić information content (AvgIpc) is 2.96. The average molecular weight is 414 g/mol. The van der Waals surface area contributed by atoms with Gasteiger partial charge in [0.25, 0.3) is 5.91 Å². The van der Waals surface area contributed by atoms with Gasteiger partial charge in [0.15, 0.2) is 0 Å². The predicted octanol–water partition coefficient (Wildman–Crippen LogP) is 3.61. The van der Waals surface area contributed by atoms with Gasteiger partial charge in [0, 0.05) is 44.8 Å². The zero-order valence-electron chi connectivity index (χ0n) is 18.8. The normalized spacial score (nSPS) is 27.8. The minimum atomic E-state index is 0.0265. The predicted molar refractivity (Wildman–Crippen MR) is 116 cm³/mol. The van der Waals surface area contributed by atoms with Gasteiger partial charge in [-0.05, 0) is 47.8 Å². The molecule has 30 heavy (non-hydrogen) atoms. The molecule has 3 amide bonds. The number of morpholine rings is 1. The summed E-state index contributed by atoms with van der Waals surface area (Å²) in [5, 5.41) is 0. The van der Waals surface area contributed by atoms with E-state index in [4.69, 9.17) is 4.74 Å². The Balaban J connectivity index is 1.39. The lowest BCUT2D eigenvalue weighted by molar-refractivity contribution is 0.0448. The van der Waals surface area contributed by atoms with Gasteiger partial charge in [0.2, 0.25) is 0 Å². The molecule has 164 valence electrons. The monoisotopic (exact) mass is 413 g/mol. The van der Waals surface area contributed by atoms with Crippen molar-refractivity contribution in [1.29, 1.82) is 0 Å². The Hall–Kier alpha value is -2.08. The third-order valence-electron chi connectivity index (χ3n) is 6.90. The molecular weight excluding hydrogens is 378 g/mol. The molecule has 6 heteroatoms. The highest BCUT2D eigenvalue weighted by Crippen LogP contribution is 2.52. The SMILES string of the molecule is CN(Cc1ccc(C(=O)N2CC3(C)CC2CC(C)(C)C3)cc1)C(=O)N1CCOCC1. The Morgan fingerprint density at radius 1 is 1.10 bits per heavy atom. The van der Waals surface area contributed by atoms with E-state index in [1.165, 1.54) is 6.42 Å². The second kappa shape index (κ2) is 7.88. The fourth-order valence-electron chi connectivity index (χ4n) is 5.95. The molecule has 0 aromatic heterocycles. The maximum atomic E-state index is 13.2. The molecule has 3 aliphatic rings. The first-order valence-electron chi connectivity index (χ1n) is 11.1. The molecule has 4 rings (SSSR count). The van der Waals surface area contributed by atoms with Crippen molar-refractivity contribution in [3.8, 4) is 0 Å². The van der Waals surface area contributed by atoms with Crippen molar-refractivity contribution in [3.05, 3.63) is 35.4 Å². The van der Waals surface area contributed by atoms with Crippen LogP contribution in [-0.4, -0.2) is 72.6 Å². The number of fused-ring (bicyclic) bond motifs is 2. The second-order valence-corrected chi connectivity index (χ2v) is 10.6. The molecular formula is C24H35N3O3. The van der Waals surface area contributed by atoms with Crippen LogP contribution in [0.15, 0.2) is 24.3 Å². The summed E-state index contributed by atoms with van der Waals surface area (Å²) in [6, 6.07) is 8.16. The lowest BCUT2D eigenvalue weighted by Gasteiger charge is -2.39. The van der Waals surface area contributed by atoms with Gasteiger partial charge in [-0.25, -0.2) is 4.79 Å². The zero-order chi connectivity index (χ0) is 21.5. The van der Waals surface area contributed by atoms with Crippen LogP contribution in [-0.2, 0) is 11.3 Å². The van der Waals surface area contributed by atoms with Crippen LogP contribution in [0.1, 0.15) is 56.0 Å². The first-order chi connectivity index (χ1) is 14.2. The highest BCUT2D eigenvalue weighted by atomic mass is 16.5. The van der Waals surface area contributed by atoms with Gasteiger partial charge in [-0.3, -0.25) is 4.79 Å². The summed E-state index contributed by atoms with van der Waals surface area (Å²) in [5.41, 5.74) is 2.32. The quantitative estimate of drug-likeness (QED) is 0.761. The van der Waals surface area contributed by atoms with Crippen LogP contribution < -0.4 is 0 Å². The number of ether oxygens (including phenoxy) is 1. The van der Waals surface area contributed by atoms with Crippen molar-refractivity contribution < 1.29 is 14.3 Å². The summed E-state index contributed by atoms with van der Waals surface area (Å²) in [6.07, 6.45) is 3.39. The molecule has 2 unspecified atom stereocenters. The Morgan fingerprint density at radius 2 is 1.77 bits per heavy atom. The molecule has 1 saturated carbocycles. The summed E-state index contributed by atoms with van der Waals surface area (Å²) in [7, 11) is 1.82. The van der Waals surface area contributed by atoms with Crippen molar-refractivity contribution in [1.82, 2.24) is 14.7 Å². The molecule has 0 radical (unpaired) electrons. The van der Waals surface area contributed by atoms with Gasteiger partial charge < -0.3 is 19.4 Å². The molecule has 2 saturated heterocycles. The Labute approximate surface area is 180 Å². The molecule has 1 aliphatic carbocycles. The first-order valence-corrected chi connectivity index (χ1v) is 11.1. The van der Waals surface area contributed by atoms with E-state index in [1.54, 1.807) is 4.90 Å². The van der Waals surface area contributed by atoms with E-state index in [9.17, 15) is 9.59 Å². The number of amides is 3. The van der Waals surface area contributed by atoms with Crippen LogP contribution in [0.25, 0.3) is 0 Å².